The fourth-order valence-corrected chi connectivity index (χ4v) is 2.61. The molecule has 2 N–H and O–H groups in total. The Morgan fingerprint density at radius 1 is 1.43 bits per heavy atom. The van der Waals surface area contributed by atoms with Crippen molar-refractivity contribution < 1.29 is 9.53 Å². The maximum absolute atomic E-state index is 12.4. The second kappa shape index (κ2) is 6.84. The van der Waals surface area contributed by atoms with E-state index >= 15 is 0 Å². The number of hydrogen-bond donors (Lipinski definition) is 2. The highest BCUT2D eigenvalue weighted by atomic mass is 16.5. The van der Waals surface area contributed by atoms with E-state index in [4.69, 9.17) is 4.74 Å². The molecule has 122 valence electrons. The predicted molar refractivity (Wildman–Crippen MR) is 82.9 cm³/mol. The van der Waals surface area contributed by atoms with Crippen molar-refractivity contribution in [1.82, 2.24) is 30.8 Å². The van der Waals surface area contributed by atoms with E-state index in [9.17, 15) is 4.79 Å². The van der Waals surface area contributed by atoms with E-state index in [2.05, 4.69) is 26.2 Å². The molecule has 1 aromatic carbocycles. The molecular formula is C15H20N6O2. The maximum Gasteiger partial charge on any atom is 0.240 e. The van der Waals surface area contributed by atoms with E-state index in [1.807, 2.05) is 44.2 Å². The third-order valence-corrected chi connectivity index (χ3v) is 3.84. The number of aromatic nitrogens is 4. The zero-order valence-electron chi connectivity index (χ0n) is 13.1. The van der Waals surface area contributed by atoms with Gasteiger partial charge in [0.2, 0.25) is 5.91 Å². The standard InChI is InChI=1S/C15H20N6O2/c1-10(17-15(22)13-11(2)23-9-8-16-13)14-18-19-20-21(14)12-6-4-3-5-7-12/h3-7,10-11,13,16H,8-9H2,1-2H3,(H,17,22)/t10?,11-,13+/m1/s1. The third-order valence-electron chi connectivity index (χ3n) is 3.84. The number of tetrazole rings is 1. The summed E-state index contributed by atoms with van der Waals surface area (Å²) in [5.74, 6) is 0.459. The highest BCUT2D eigenvalue weighted by Gasteiger charge is 2.30. The molecule has 1 unspecified atom stereocenters. The fourth-order valence-electron chi connectivity index (χ4n) is 2.61. The van der Waals surface area contributed by atoms with Crippen LogP contribution in [0.25, 0.3) is 5.69 Å². The second-order valence-corrected chi connectivity index (χ2v) is 5.52. The van der Waals surface area contributed by atoms with E-state index in [1.54, 1.807) is 4.68 Å². The average Bonchev–Trinajstić information content (AvgIpc) is 3.05. The Hall–Kier alpha value is -2.32. The van der Waals surface area contributed by atoms with Crippen molar-refractivity contribution in [2.75, 3.05) is 13.2 Å². The van der Waals surface area contributed by atoms with Crippen molar-refractivity contribution in [3.63, 3.8) is 0 Å². The lowest BCUT2D eigenvalue weighted by Gasteiger charge is -2.30. The summed E-state index contributed by atoms with van der Waals surface area (Å²) in [4.78, 5) is 12.4. The van der Waals surface area contributed by atoms with Crippen LogP contribution in [0.5, 0.6) is 0 Å². The number of ether oxygens (including phenoxy) is 1. The number of nitrogens with one attached hydrogen (secondary N) is 2. The summed E-state index contributed by atoms with van der Waals surface area (Å²) in [6, 6.07) is 8.87. The first-order chi connectivity index (χ1) is 11.2. The van der Waals surface area contributed by atoms with Crippen LogP contribution in [0.1, 0.15) is 25.7 Å². The number of nitrogens with zero attached hydrogens (tertiary/aromatic N) is 4. The molecule has 1 amide bonds. The minimum atomic E-state index is -0.368. The van der Waals surface area contributed by atoms with Gasteiger partial charge in [0.15, 0.2) is 5.82 Å². The summed E-state index contributed by atoms with van der Waals surface area (Å²) in [5.41, 5.74) is 0.848. The first-order valence-corrected chi connectivity index (χ1v) is 7.66. The Morgan fingerprint density at radius 3 is 2.96 bits per heavy atom. The van der Waals surface area contributed by atoms with Crippen molar-refractivity contribution in [1.29, 1.82) is 0 Å². The molecule has 8 heteroatoms. The largest absolute Gasteiger partial charge is 0.375 e. The molecule has 0 bridgehead atoms. The van der Waals surface area contributed by atoms with Crippen LogP contribution in [0, 0.1) is 0 Å². The molecule has 8 nitrogen and oxygen atoms in total. The number of amides is 1. The minimum Gasteiger partial charge on any atom is -0.375 e. The zero-order chi connectivity index (χ0) is 16.2. The van der Waals surface area contributed by atoms with Crippen molar-refractivity contribution in [2.45, 2.75) is 32.0 Å². The number of carbonyl (C=O) groups excluding carboxylic acids is 1. The molecule has 1 aliphatic heterocycles. The van der Waals surface area contributed by atoms with E-state index in [1.165, 1.54) is 0 Å². The lowest BCUT2D eigenvalue weighted by molar-refractivity contribution is -0.129. The number of benzene rings is 1. The quantitative estimate of drug-likeness (QED) is 0.838. The van der Waals surface area contributed by atoms with Gasteiger partial charge in [-0.25, -0.2) is 0 Å². The smallest absolute Gasteiger partial charge is 0.240 e. The molecule has 3 rings (SSSR count). The monoisotopic (exact) mass is 316 g/mol. The SMILES string of the molecule is CC(NC(=O)[C@H]1NCCO[C@@H]1C)c1nnnn1-c1ccccc1. The van der Waals surface area contributed by atoms with Gasteiger partial charge in [0.1, 0.15) is 6.04 Å². The topological polar surface area (TPSA) is 94.0 Å². The first-order valence-electron chi connectivity index (χ1n) is 7.66. The Labute approximate surface area is 134 Å². The van der Waals surface area contributed by atoms with Gasteiger partial charge in [-0.05, 0) is 36.4 Å². The van der Waals surface area contributed by atoms with Crippen LogP contribution in [0.15, 0.2) is 30.3 Å². The van der Waals surface area contributed by atoms with Crippen LogP contribution in [0.4, 0.5) is 0 Å². The molecule has 0 aliphatic carbocycles. The van der Waals surface area contributed by atoms with Crippen molar-refractivity contribution in [3.05, 3.63) is 36.2 Å². The lowest BCUT2D eigenvalue weighted by atomic mass is 10.1. The predicted octanol–water partition coefficient (Wildman–Crippen LogP) is 0.216. The molecule has 1 aromatic heterocycles. The zero-order valence-corrected chi connectivity index (χ0v) is 13.1. The number of hydrogen-bond acceptors (Lipinski definition) is 6. The van der Waals surface area contributed by atoms with Crippen molar-refractivity contribution >= 4 is 5.91 Å². The van der Waals surface area contributed by atoms with Crippen LogP contribution >= 0.6 is 0 Å². The molecule has 0 spiro atoms. The van der Waals surface area contributed by atoms with Gasteiger partial charge in [-0.1, -0.05) is 18.2 Å². The van der Waals surface area contributed by atoms with Gasteiger partial charge in [0.05, 0.1) is 24.4 Å². The molecular weight excluding hydrogens is 296 g/mol. The molecule has 0 saturated carbocycles. The normalized spacial score (nSPS) is 22.5. The Kier molecular flexibility index (Phi) is 4.63. The summed E-state index contributed by atoms with van der Waals surface area (Å²) >= 11 is 0. The molecule has 1 fully saturated rings. The maximum atomic E-state index is 12.4. The first kappa shape index (κ1) is 15.6. The van der Waals surface area contributed by atoms with E-state index in [-0.39, 0.29) is 24.1 Å². The van der Waals surface area contributed by atoms with Crippen LogP contribution in [-0.2, 0) is 9.53 Å². The van der Waals surface area contributed by atoms with Crippen LogP contribution in [-0.4, -0.2) is 51.4 Å². The highest BCUT2D eigenvalue weighted by Crippen LogP contribution is 2.14. The summed E-state index contributed by atoms with van der Waals surface area (Å²) < 4.78 is 7.13. The van der Waals surface area contributed by atoms with E-state index in [0.717, 1.165) is 5.69 Å². The third kappa shape index (κ3) is 3.38. The van der Waals surface area contributed by atoms with Gasteiger partial charge in [0, 0.05) is 6.54 Å². The highest BCUT2D eigenvalue weighted by molar-refractivity contribution is 5.82. The fraction of sp³-hybridized carbons (Fsp3) is 0.467. The average molecular weight is 316 g/mol. The molecule has 1 saturated heterocycles. The van der Waals surface area contributed by atoms with Gasteiger partial charge in [0.25, 0.3) is 0 Å². The second-order valence-electron chi connectivity index (χ2n) is 5.52. The van der Waals surface area contributed by atoms with Crippen LogP contribution in [0.3, 0.4) is 0 Å². The Balaban J connectivity index is 1.73. The summed E-state index contributed by atoms with van der Waals surface area (Å²) in [7, 11) is 0. The van der Waals surface area contributed by atoms with Crippen molar-refractivity contribution in [3.8, 4) is 5.69 Å². The minimum absolute atomic E-state index is 0.118. The van der Waals surface area contributed by atoms with Gasteiger partial charge in [-0.15, -0.1) is 5.10 Å². The Bertz CT molecular complexity index is 659. The lowest BCUT2D eigenvalue weighted by Crippen LogP contribution is -2.55. The summed E-state index contributed by atoms with van der Waals surface area (Å²) in [6.07, 6.45) is -0.166. The van der Waals surface area contributed by atoms with E-state index in [0.29, 0.717) is 19.0 Å². The molecule has 1 aliphatic rings. The molecule has 3 atom stereocenters. The van der Waals surface area contributed by atoms with Gasteiger partial charge < -0.3 is 15.4 Å². The van der Waals surface area contributed by atoms with Gasteiger partial charge in [-0.3, -0.25) is 4.79 Å². The number of para-hydroxylation sites is 1. The number of morpholine rings is 1. The van der Waals surface area contributed by atoms with Gasteiger partial charge in [-0.2, -0.15) is 4.68 Å². The van der Waals surface area contributed by atoms with Gasteiger partial charge >= 0.3 is 0 Å². The number of rotatable bonds is 4. The van der Waals surface area contributed by atoms with Crippen LogP contribution < -0.4 is 10.6 Å². The molecule has 23 heavy (non-hydrogen) atoms. The van der Waals surface area contributed by atoms with E-state index < -0.39 is 0 Å². The molecule has 2 aromatic rings. The van der Waals surface area contributed by atoms with Crippen molar-refractivity contribution in [2.24, 2.45) is 0 Å². The van der Waals surface area contributed by atoms with Crippen LogP contribution in [0.2, 0.25) is 0 Å². The molecule has 2 heterocycles. The summed E-state index contributed by atoms with van der Waals surface area (Å²) in [6.45, 7) is 5.03. The molecule has 0 radical (unpaired) electrons. The Morgan fingerprint density at radius 2 is 2.22 bits per heavy atom. The summed E-state index contributed by atoms with van der Waals surface area (Å²) in [5, 5.41) is 17.9. The number of carbonyl (C=O) groups is 1.